The maximum atomic E-state index is 10.9. The van der Waals surface area contributed by atoms with Crippen molar-refractivity contribution >= 4 is 21.8 Å². The molecule has 0 aliphatic heterocycles. The molecule has 0 saturated heterocycles. The van der Waals surface area contributed by atoms with Crippen molar-refractivity contribution in [3.63, 3.8) is 0 Å². The number of carboxylic acids is 1. The molecule has 0 saturated carbocycles. The van der Waals surface area contributed by atoms with Gasteiger partial charge in [-0.15, -0.1) is 0 Å². The molecule has 0 aliphatic rings. The van der Waals surface area contributed by atoms with E-state index in [9.17, 15) is 13.2 Å². The molecule has 0 bridgehead atoms. The van der Waals surface area contributed by atoms with E-state index >= 15 is 0 Å². The van der Waals surface area contributed by atoms with E-state index in [-0.39, 0.29) is 0 Å². The van der Waals surface area contributed by atoms with Crippen molar-refractivity contribution < 1.29 is 22.9 Å². The zero-order chi connectivity index (χ0) is 13.1. The third-order valence-electron chi connectivity index (χ3n) is 2.15. The summed E-state index contributed by atoms with van der Waals surface area (Å²) < 4.78 is 30.0. The summed E-state index contributed by atoms with van der Waals surface area (Å²) in [7, 11) is -4.34. The molecular weight excluding hydrogens is 246 g/mol. The second-order valence-electron chi connectivity index (χ2n) is 3.60. The Morgan fingerprint density at radius 2 is 2.00 bits per heavy atom. The Balaban J connectivity index is 2.89. The predicted molar refractivity (Wildman–Crippen MR) is 62.6 cm³/mol. The number of rotatable bonds is 5. The lowest BCUT2D eigenvalue weighted by Gasteiger charge is -2.15. The van der Waals surface area contributed by atoms with Gasteiger partial charge < -0.3 is 10.4 Å². The van der Waals surface area contributed by atoms with E-state index in [0.717, 1.165) is 5.56 Å². The molecule has 1 atom stereocenters. The number of carbonyl (C=O) groups is 1. The highest BCUT2D eigenvalue weighted by molar-refractivity contribution is 7.85. The Morgan fingerprint density at radius 3 is 2.47 bits per heavy atom. The highest BCUT2D eigenvalue weighted by Gasteiger charge is 2.23. The number of para-hydroxylation sites is 1. The van der Waals surface area contributed by atoms with Gasteiger partial charge in [0.25, 0.3) is 10.1 Å². The molecule has 1 rings (SSSR count). The first-order valence-electron chi connectivity index (χ1n) is 4.80. The Labute approximate surface area is 99.0 Å². The van der Waals surface area contributed by atoms with E-state index in [0.29, 0.717) is 5.69 Å². The van der Waals surface area contributed by atoms with E-state index in [1.807, 2.05) is 0 Å². The van der Waals surface area contributed by atoms with Crippen molar-refractivity contribution in [2.45, 2.75) is 13.0 Å². The van der Waals surface area contributed by atoms with Gasteiger partial charge in [-0.2, -0.15) is 8.42 Å². The molecule has 0 aromatic heterocycles. The Hall–Kier alpha value is -1.60. The first-order chi connectivity index (χ1) is 7.79. The minimum atomic E-state index is -4.34. The summed E-state index contributed by atoms with van der Waals surface area (Å²) >= 11 is 0. The molecule has 0 amide bonds. The van der Waals surface area contributed by atoms with Gasteiger partial charge in [-0.25, -0.2) is 4.79 Å². The third-order valence-corrected chi connectivity index (χ3v) is 2.90. The topological polar surface area (TPSA) is 104 Å². The second-order valence-corrected chi connectivity index (χ2v) is 5.10. The van der Waals surface area contributed by atoms with Crippen molar-refractivity contribution in [1.29, 1.82) is 0 Å². The lowest BCUT2D eigenvalue weighted by Crippen LogP contribution is -2.36. The van der Waals surface area contributed by atoms with Gasteiger partial charge in [-0.05, 0) is 18.6 Å². The van der Waals surface area contributed by atoms with Gasteiger partial charge in [0.2, 0.25) is 0 Å². The first kappa shape index (κ1) is 13.5. The van der Waals surface area contributed by atoms with Crippen LogP contribution in [0.25, 0.3) is 0 Å². The smallest absolute Gasteiger partial charge is 0.327 e. The lowest BCUT2D eigenvalue weighted by molar-refractivity contribution is -0.137. The van der Waals surface area contributed by atoms with E-state index in [4.69, 9.17) is 9.66 Å². The fraction of sp³-hybridized carbons (Fsp3) is 0.300. The molecule has 7 heteroatoms. The van der Waals surface area contributed by atoms with E-state index in [2.05, 4.69) is 5.32 Å². The molecule has 0 aliphatic carbocycles. The van der Waals surface area contributed by atoms with Crippen molar-refractivity contribution in [3.05, 3.63) is 29.8 Å². The van der Waals surface area contributed by atoms with Crippen LogP contribution in [0.15, 0.2) is 24.3 Å². The number of benzene rings is 1. The average Bonchev–Trinajstić information content (AvgIpc) is 2.18. The molecule has 1 aromatic rings. The van der Waals surface area contributed by atoms with Crippen LogP contribution in [0.3, 0.4) is 0 Å². The summed E-state index contributed by atoms with van der Waals surface area (Å²) in [6.45, 7) is 1.76. The van der Waals surface area contributed by atoms with Crippen molar-refractivity contribution in [2.24, 2.45) is 0 Å². The van der Waals surface area contributed by atoms with Crippen LogP contribution in [-0.4, -0.2) is 35.8 Å². The number of carboxylic acid groups (broad SMARTS) is 1. The Bertz CT molecular complexity index is 511. The molecule has 0 heterocycles. The number of anilines is 1. The van der Waals surface area contributed by atoms with Crippen LogP contribution in [0.1, 0.15) is 5.56 Å². The number of nitrogens with one attached hydrogen (secondary N) is 1. The van der Waals surface area contributed by atoms with E-state index < -0.39 is 27.9 Å². The zero-order valence-electron chi connectivity index (χ0n) is 9.12. The molecule has 6 nitrogen and oxygen atoms in total. The van der Waals surface area contributed by atoms with Crippen LogP contribution in [-0.2, 0) is 14.9 Å². The van der Waals surface area contributed by atoms with Crippen LogP contribution < -0.4 is 5.32 Å². The van der Waals surface area contributed by atoms with Crippen LogP contribution in [0.5, 0.6) is 0 Å². The summed E-state index contributed by atoms with van der Waals surface area (Å²) in [5.41, 5.74) is 1.30. The molecule has 0 fully saturated rings. The minimum Gasteiger partial charge on any atom is -0.480 e. The number of aliphatic carboxylic acids is 1. The minimum absolute atomic E-state index is 0.517. The quantitative estimate of drug-likeness (QED) is 0.674. The third kappa shape index (κ3) is 4.41. The number of hydrogen-bond donors (Lipinski definition) is 3. The monoisotopic (exact) mass is 259 g/mol. The highest BCUT2D eigenvalue weighted by Crippen LogP contribution is 2.14. The van der Waals surface area contributed by atoms with Gasteiger partial charge in [-0.3, -0.25) is 4.55 Å². The molecule has 1 aromatic carbocycles. The normalized spacial score (nSPS) is 13.1. The van der Waals surface area contributed by atoms with Crippen molar-refractivity contribution in [3.8, 4) is 0 Å². The second kappa shape index (κ2) is 5.15. The summed E-state index contributed by atoms with van der Waals surface area (Å²) in [6.07, 6.45) is 0. The standard InChI is InChI=1S/C10H13NO5S/c1-7-4-2-3-5-8(7)11-9(10(12)13)6-17(14,15)16/h2-5,9,11H,6H2,1H3,(H,12,13)(H,14,15,16)/t9-/m0/s1. The van der Waals surface area contributed by atoms with E-state index in [1.54, 1.807) is 31.2 Å². The van der Waals surface area contributed by atoms with Crippen molar-refractivity contribution in [1.82, 2.24) is 0 Å². The molecule has 3 N–H and O–H groups in total. The Kier molecular flexibility index (Phi) is 4.08. The lowest BCUT2D eigenvalue weighted by atomic mass is 10.2. The fourth-order valence-corrected chi connectivity index (χ4v) is 1.96. The molecule has 0 unspecified atom stereocenters. The maximum absolute atomic E-state index is 10.9. The summed E-state index contributed by atoms with van der Waals surface area (Å²) in [5.74, 6) is -2.22. The largest absolute Gasteiger partial charge is 0.480 e. The van der Waals surface area contributed by atoms with E-state index in [1.165, 1.54) is 0 Å². The van der Waals surface area contributed by atoms with Gasteiger partial charge >= 0.3 is 5.97 Å². The van der Waals surface area contributed by atoms with Gasteiger partial charge in [0, 0.05) is 5.69 Å². The van der Waals surface area contributed by atoms with Gasteiger partial charge in [0.1, 0.15) is 11.8 Å². The van der Waals surface area contributed by atoms with Gasteiger partial charge in [-0.1, -0.05) is 18.2 Å². The molecule has 94 valence electrons. The highest BCUT2D eigenvalue weighted by atomic mass is 32.2. The van der Waals surface area contributed by atoms with Crippen molar-refractivity contribution in [2.75, 3.05) is 11.1 Å². The van der Waals surface area contributed by atoms with Gasteiger partial charge in [0.05, 0.1) is 0 Å². The molecule has 0 spiro atoms. The molecule has 0 radical (unpaired) electrons. The van der Waals surface area contributed by atoms with Crippen LogP contribution in [0, 0.1) is 6.92 Å². The first-order valence-corrected chi connectivity index (χ1v) is 6.40. The summed E-state index contributed by atoms with van der Waals surface area (Å²) in [4.78, 5) is 10.9. The number of aryl methyl sites for hydroxylation is 1. The fourth-order valence-electron chi connectivity index (χ4n) is 1.31. The molecule has 17 heavy (non-hydrogen) atoms. The number of hydrogen-bond acceptors (Lipinski definition) is 4. The van der Waals surface area contributed by atoms with Crippen LogP contribution in [0.4, 0.5) is 5.69 Å². The van der Waals surface area contributed by atoms with Crippen LogP contribution >= 0.6 is 0 Å². The van der Waals surface area contributed by atoms with Gasteiger partial charge in [0.15, 0.2) is 0 Å². The zero-order valence-corrected chi connectivity index (χ0v) is 9.94. The Morgan fingerprint density at radius 1 is 1.41 bits per heavy atom. The molecular formula is C10H13NO5S. The predicted octanol–water partition coefficient (Wildman–Crippen LogP) is 0.748. The maximum Gasteiger partial charge on any atom is 0.327 e. The SMILES string of the molecule is Cc1ccccc1N[C@@H](CS(=O)(=O)O)C(=O)O. The summed E-state index contributed by atoms with van der Waals surface area (Å²) in [6, 6.07) is 5.48. The average molecular weight is 259 g/mol. The summed E-state index contributed by atoms with van der Waals surface area (Å²) in [5, 5.41) is 11.4. The van der Waals surface area contributed by atoms with Crippen LogP contribution in [0.2, 0.25) is 0 Å².